The van der Waals surface area contributed by atoms with Gasteiger partial charge in [-0.15, -0.1) is 0 Å². The van der Waals surface area contributed by atoms with Crippen molar-refractivity contribution >= 4 is 68.2 Å². The van der Waals surface area contributed by atoms with E-state index in [0.717, 1.165) is 29.8 Å². The second-order valence-corrected chi connectivity index (χ2v) is 18.6. The number of anilines is 5. The zero-order valence-electron chi connectivity index (χ0n) is 29.2. The van der Waals surface area contributed by atoms with E-state index >= 15 is 0 Å². The topological polar surface area (TPSA) is 126 Å². The van der Waals surface area contributed by atoms with Crippen molar-refractivity contribution in [3.63, 3.8) is 0 Å². The lowest BCUT2D eigenvalue weighted by molar-refractivity contribution is -0.0871. The van der Waals surface area contributed by atoms with Gasteiger partial charge in [-0.1, -0.05) is 0 Å². The van der Waals surface area contributed by atoms with E-state index in [9.17, 15) is 4.57 Å². The molecule has 5 aromatic rings. The SMILES string of the molecule is COc1cc2c(cc1Nc1ncc(Br)c(Nc3ccc4nccnc4c3P(C)(C)=O)n1)-c1cnn(C)c1CCN2C1CC2(C1)CN(C(C)C)C2. The van der Waals surface area contributed by atoms with Gasteiger partial charge < -0.3 is 24.8 Å². The highest BCUT2D eigenvalue weighted by molar-refractivity contribution is 9.10. The Balaban J connectivity index is 1.12. The van der Waals surface area contributed by atoms with Crippen LogP contribution in [0.5, 0.6) is 5.75 Å². The minimum atomic E-state index is -2.76. The Hall–Kier alpha value is -4.06. The number of fused-ring (bicyclic) bond motifs is 4. The summed E-state index contributed by atoms with van der Waals surface area (Å²) in [5, 5.41) is 12.1. The number of rotatable bonds is 8. The molecule has 8 rings (SSSR count). The number of hydrogen-bond donors (Lipinski definition) is 2. The van der Waals surface area contributed by atoms with Crippen LogP contribution in [0, 0.1) is 5.41 Å². The van der Waals surface area contributed by atoms with Crippen LogP contribution in [0.4, 0.5) is 28.8 Å². The van der Waals surface area contributed by atoms with Crippen molar-refractivity contribution in [3.8, 4) is 16.9 Å². The summed E-state index contributed by atoms with van der Waals surface area (Å²) in [7, 11) is 0.961. The number of likely N-dealkylation sites (tertiary alicyclic amines) is 1. The number of aryl methyl sites for hydroxylation is 1. The molecular formula is C36H42BrN10O2P. The van der Waals surface area contributed by atoms with Crippen LogP contribution in [0.2, 0.25) is 0 Å². The molecule has 2 N–H and O–H groups in total. The fourth-order valence-electron chi connectivity index (χ4n) is 8.03. The molecule has 1 spiro atoms. The number of nitrogens with one attached hydrogen (secondary N) is 2. The molecule has 3 aliphatic rings. The van der Waals surface area contributed by atoms with E-state index in [4.69, 9.17) is 9.72 Å². The van der Waals surface area contributed by atoms with Gasteiger partial charge in [0.15, 0.2) is 0 Å². The molecule has 2 aromatic carbocycles. The quantitative estimate of drug-likeness (QED) is 0.167. The highest BCUT2D eigenvalue weighted by Crippen LogP contribution is 2.54. The van der Waals surface area contributed by atoms with Gasteiger partial charge in [0.2, 0.25) is 5.95 Å². The van der Waals surface area contributed by atoms with Crippen LogP contribution in [0.3, 0.4) is 0 Å². The molecule has 50 heavy (non-hydrogen) atoms. The zero-order chi connectivity index (χ0) is 34.9. The first-order valence-electron chi connectivity index (χ1n) is 17.0. The molecule has 12 nitrogen and oxygen atoms in total. The molecule has 3 aromatic heterocycles. The van der Waals surface area contributed by atoms with Crippen molar-refractivity contribution in [2.24, 2.45) is 12.5 Å². The first-order chi connectivity index (χ1) is 23.9. The summed E-state index contributed by atoms with van der Waals surface area (Å²) in [6, 6.07) is 9.14. The van der Waals surface area contributed by atoms with Gasteiger partial charge in [-0.25, -0.2) is 4.98 Å². The Morgan fingerprint density at radius 3 is 2.54 bits per heavy atom. The highest BCUT2D eigenvalue weighted by Gasteiger charge is 2.54. The van der Waals surface area contributed by atoms with Crippen LogP contribution >= 0.6 is 23.1 Å². The van der Waals surface area contributed by atoms with E-state index < -0.39 is 7.14 Å². The third kappa shape index (κ3) is 5.73. The predicted octanol–water partition coefficient (Wildman–Crippen LogP) is 6.56. The van der Waals surface area contributed by atoms with Gasteiger partial charge in [0.1, 0.15) is 24.2 Å². The molecule has 0 amide bonds. The fraction of sp³-hybridized carbons (Fsp3) is 0.417. The molecular weight excluding hydrogens is 715 g/mol. The minimum absolute atomic E-state index is 0.379. The Labute approximate surface area is 300 Å². The van der Waals surface area contributed by atoms with Crippen LogP contribution in [0.25, 0.3) is 22.2 Å². The highest BCUT2D eigenvalue weighted by atomic mass is 79.9. The van der Waals surface area contributed by atoms with E-state index in [1.54, 1.807) is 39.0 Å². The average molecular weight is 758 g/mol. The number of ether oxygens (including phenoxy) is 1. The summed E-state index contributed by atoms with van der Waals surface area (Å²) in [5.74, 6) is 1.60. The standard InChI is InChI=1S/C36H42BrN10O2P/c1-21(2)46-19-36(20-46)15-22(16-36)47-12-9-29-24(17-41-45(29)3)23-13-28(31(49-4)14-30(23)47)43-35-40-18-25(37)34(44-35)42-27-8-7-26-32(39-11-10-38-26)33(27)50(5,6)48/h7-8,10-11,13-14,17-18,21-22H,9,12,15-16,19-20H2,1-6H3,(H2,40,42,43,44). The monoisotopic (exact) mass is 756 g/mol. The average Bonchev–Trinajstić information content (AvgIpc) is 3.33. The molecule has 1 saturated carbocycles. The summed E-state index contributed by atoms with van der Waals surface area (Å²) < 4.78 is 22.2. The van der Waals surface area contributed by atoms with Crippen molar-refractivity contribution < 1.29 is 9.30 Å². The molecule has 260 valence electrons. The van der Waals surface area contributed by atoms with Crippen LogP contribution < -0.4 is 25.6 Å². The smallest absolute Gasteiger partial charge is 0.229 e. The molecule has 5 heterocycles. The molecule has 1 aliphatic carbocycles. The maximum atomic E-state index is 13.5. The van der Waals surface area contributed by atoms with Crippen LogP contribution in [0.1, 0.15) is 32.4 Å². The van der Waals surface area contributed by atoms with Crippen molar-refractivity contribution in [2.75, 3.05) is 55.6 Å². The summed E-state index contributed by atoms with van der Waals surface area (Å²) in [6.07, 6.45) is 10.3. The Kier molecular flexibility index (Phi) is 8.15. The van der Waals surface area contributed by atoms with E-state index in [1.165, 1.54) is 37.3 Å². The normalized spacial score (nSPS) is 17.2. The van der Waals surface area contributed by atoms with Crippen LogP contribution in [0.15, 0.2) is 53.5 Å². The largest absolute Gasteiger partial charge is 0.494 e. The number of methoxy groups -OCH3 is 1. The fourth-order valence-corrected chi connectivity index (χ4v) is 9.71. The lowest BCUT2D eigenvalue weighted by Crippen LogP contribution is -2.67. The van der Waals surface area contributed by atoms with Crippen molar-refractivity contribution in [1.29, 1.82) is 0 Å². The molecule has 0 bridgehead atoms. The number of benzene rings is 2. The zero-order valence-corrected chi connectivity index (χ0v) is 31.7. The van der Waals surface area contributed by atoms with Gasteiger partial charge in [-0.05, 0) is 79.6 Å². The van der Waals surface area contributed by atoms with Gasteiger partial charge in [-0.2, -0.15) is 10.1 Å². The van der Waals surface area contributed by atoms with Gasteiger partial charge in [0, 0.05) is 92.4 Å². The van der Waals surface area contributed by atoms with Gasteiger partial charge in [-0.3, -0.25) is 19.5 Å². The number of aromatic nitrogens is 6. The summed E-state index contributed by atoms with van der Waals surface area (Å²) in [4.78, 5) is 23.6. The molecule has 14 heteroatoms. The number of hydrogen-bond acceptors (Lipinski definition) is 11. The Morgan fingerprint density at radius 2 is 1.80 bits per heavy atom. The lowest BCUT2D eigenvalue weighted by Gasteiger charge is -2.62. The number of nitrogens with zero attached hydrogens (tertiary/aromatic N) is 8. The van der Waals surface area contributed by atoms with Crippen molar-refractivity contribution in [1.82, 2.24) is 34.6 Å². The molecule has 0 atom stereocenters. The van der Waals surface area contributed by atoms with Crippen molar-refractivity contribution in [2.45, 2.75) is 45.2 Å². The third-order valence-corrected chi connectivity index (χ3v) is 12.7. The second kappa shape index (κ2) is 12.3. The van der Waals surface area contributed by atoms with E-state index in [-0.39, 0.29) is 0 Å². The van der Waals surface area contributed by atoms with Crippen molar-refractivity contribution in [3.05, 3.63) is 59.2 Å². The first-order valence-corrected chi connectivity index (χ1v) is 20.4. The van der Waals surface area contributed by atoms with Crippen LogP contribution in [-0.2, 0) is 18.0 Å². The van der Waals surface area contributed by atoms with E-state index in [2.05, 4.69) is 82.4 Å². The summed E-state index contributed by atoms with van der Waals surface area (Å²) in [6.45, 7) is 11.4. The molecule has 2 fully saturated rings. The Bertz CT molecular complexity index is 2170. The summed E-state index contributed by atoms with van der Waals surface area (Å²) >= 11 is 3.61. The molecule has 0 unspecified atom stereocenters. The minimum Gasteiger partial charge on any atom is -0.494 e. The maximum absolute atomic E-state index is 13.5. The first kappa shape index (κ1) is 33.1. The molecule has 2 aliphatic heterocycles. The third-order valence-electron chi connectivity index (χ3n) is 10.5. The summed E-state index contributed by atoms with van der Waals surface area (Å²) in [5.41, 5.74) is 7.80. The van der Waals surface area contributed by atoms with E-state index in [1.807, 2.05) is 30.1 Å². The van der Waals surface area contributed by atoms with Gasteiger partial charge >= 0.3 is 0 Å². The van der Waals surface area contributed by atoms with Gasteiger partial charge in [0.05, 0.1) is 40.0 Å². The molecule has 0 radical (unpaired) electrons. The van der Waals surface area contributed by atoms with Crippen LogP contribution in [-0.4, -0.2) is 86.8 Å². The van der Waals surface area contributed by atoms with E-state index in [0.29, 0.717) is 61.5 Å². The maximum Gasteiger partial charge on any atom is 0.229 e. The second-order valence-electron chi connectivity index (χ2n) is 14.6. The predicted molar refractivity (Wildman–Crippen MR) is 203 cm³/mol. The number of halogens is 1. The van der Waals surface area contributed by atoms with Gasteiger partial charge in [0.25, 0.3) is 0 Å². The Morgan fingerprint density at radius 1 is 1.02 bits per heavy atom. The molecule has 1 saturated heterocycles. The lowest BCUT2D eigenvalue weighted by atomic mass is 9.60.